The van der Waals surface area contributed by atoms with Gasteiger partial charge < -0.3 is 15.2 Å². The molecule has 4 heteroatoms. The lowest BCUT2D eigenvalue weighted by atomic mass is 9.97. The Balaban J connectivity index is 1.82. The molecule has 1 saturated heterocycles. The van der Waals surface area contributed by atoms with E-state index in [0.29, 0.717) is 13.2 Å². The molecule has 0 aromatic heterocycles. The number of ether oxygens (including phenoxy) is 2. The van der Waals surface area contributed by atoms with Crippen LogP contribution >= 0.6 is 0 Å². The van der Waals surface area contributed by atoms with Crippen molar-refractivity contribution >= 4 is 0 Å². The highest BCUT2D eigenvalue weighted by atomic mass is 16.5. The first-order chi connectivity index (χ1) is 9.83. The predicted molar refractivity (Wildman–Crippen MR) is 78.9 cm³/mol. The van der Waals surface area contributed by atoms with E-state index >= 15 is 0 Å². The Hall–Kier alpha value is -1.10. The second-order valence-electron chi connectivity index (χ2n) is 5.56. The molecule has 2 unspecified atom stereocenters. The monoisotopic (exact) mass is 276 g/mol. The summed E-state index contributed by atoms with van der Waals surface area (Å²) in [6.07, 6.45) is 2.72. The molecule has 2 atom stereocenters. The summed E-state index contributed by atoms with van der Waals surface area (Å²) >= 11 is 0. The largest absolute Gasteiger partial charge is 0.494 e. The molecular weight excluding hydrogens is 252 g/mol. The van der Waals surface area contributed by atoms with Crippen molar-refractivity contribution in [2.24, 2.45) is 5.73 Å². The van der Waals surface area contributed by atoms with Gasteiger partial charge in [0.2, 0.25) is 0 Å². The molecule has 1 aliphatic heterocycles. The van der Waals surface area contributed by atoms with Crippen molar-refractivity contribution in [3.05, 3.63) is 29.8 Å². The third-order valence-electron chi connectivity index (χ3n) is 4.17. The summed E-state index contributed by atoms with van der Waals surface area (Å²) in [4.78, 5) is 2.58. The lowest BCUT2D eigenvalue weighted by Gasteiger charge is -2.41. The van der Waals surface area contributed by atoms with Crippen LogP contribution in [0.5, 0.6) is 5.75 Å². The quantitative estimate of drug-likeness (QED) is 0.893. The van der Waals surface area contributed by atoms with Crippen LogP contribution in [0.25, 0.3) is 0 Å². The molecule has 1 aromatic rings. The summed E-state index contributed by atoms with van der Waals surface area (Å²) in [7, 11) is 0. The normalized spacial score (nSPS) is 27.5. The Bertz CT molecular complexity index is 431. The smallest absolute Gasteiger partial charge is 0.119 e. The van der Waals surface area contributed by atoms with Crippen molar-refractivity contribution in [2.45, 2.75) is 38.0 Å². The van der Waals surface area contributed by atoms with Crippen LogP contribution in [0.15, 0.2) is 24.3 Å². The summed E-state index contributed by atoms with van der Waals surface area (Å²) in [6.45, 7) is 5.08. The predicted octanol–water partition coefficient (Wildman–Crippen LogP) is 1.95. The topological polar surface area (TPSA) is 47.7 Å². The van der Waals surface area contributed by atoms with E-state index in [1.54, 1.807) is 0 Å². The van der Waals surface area contributed by atoms with Gasteiger partial charge in [0.05, 0.1) is 25.4 Å². The number of nitrogens with two attached hydrogens (primary N) is 1. The average Bonchev–Trinajstić information content (AvgIpc) is 3.32. The maximum atomic E-state index is 5.92. The van der Waals surface area contributed by atoms with Crippen LogP contribution in [0.4, 0.5) is 0 Å². The highest BCUT2D eigenvalue weighted by Gasteiger charge is 2.40. The SMILES string of the molecule is CCOc1ccc(C2C(CN)OCCN2C2CC2)cc1. The Morgan fingerprint density at radius 1 is 1.30 bits per heavy atom. The first-order valence-electron chi connectivity index (χ1n) is 7.63. The van der Waals surface area contributed by atoms with Gasteiger partial charge in [-0.15, -0.1) is 0 Å². The molecule has 2 aliphatic rings. The number of hydrogen-bond acceptors (Lipinski definition) is 4. The Morgan fingerprint density at radius 3 is 2.65 bits per heavy atom. The van der Waals surface area contributed by atoms with Crippen molar-refractivity contribution < 1.29 is 9.47 Å². The Morgan fingerprint density at radius 2 is 2.05 bits per heavy atom. The molecule has 1 heterocycles. The highest BCUT2D eigenvalue weighted by Crippen LogP contribution is 2.38. The summed E-state index contributed by atoms with van der Waals surface area (Å²) in [5, 5.41) is 0. The Labute approximate surface area is 120 Å². The number of nitrogens with zero attached hydrogens (tertiary/aromatic N) is 1. The van der Waals surface area contributed by atoms with E-state index in [1.807, 2.05) is 19.1 Å². The van der Waals surface area contributed by atoms with Gasteiger partial charge in [-0.1, -0.05) is 12.1 Å². The molecule has 110 valence electrons. The van der Waals surface area contributed by atoms with E-state index < -0.39 is 0 Å². The van der Waals surface area contributed by atoms with Gasteiger partial charge in [0, 0.05) is 19.1 Å². The minimum absolute atomic E-state index is 0.0993. The lowest BCUT2D eigenvalue weighted by Crippen LogP contribution is -2.49. The van der Waals surface area contributed by atoms with E-state index in [4.69, 9.17) is 15.2 Å². The minimum Gasteiger partial charge on any atom is -0.494 e. The third-order valence-corrected chi connectivity index (χ3v) is 4.17. The molecule has 0 amide bonds. The third kappa shape index (κ3) is 2.82. The van der Waals surface area contributed by atoms with Gasteiger partial charge in [-0.3, -0.25) is 4.90 Å². The molecule has 3 rings (SSSR count). The van der Waals surface area contributed by atoms with Gasteiger partial charge in [-0.2, -0.15) is 0 Å². The van der Waals surface area contributed by atoms with Crippen LogP contribution in [0, 0.1) is 0 Å². The lowest BCUT2D eigenvalue weighted by molar-refractivity contribution is -0.0712. The first-order valence-corrected chi connectivity index (χ1v) is 7.63. The zero-order chi connectivity index (χ0) is 13.9. The maximum absolute atomic E-state index is 5.92. The van der Waals surface area contributed by atoms with Crippen LogP contribution < -0.4 is 10.5 Å². The van der Waals surface area contributed by atoms with Crippen molar-refractivity contribution in [1.82, 2.24) is 4.90 Å². The van der Waals surface area contributed by atoms with Gasteiger partial charge in [0.15, 0.2) is 0 Å². The zero-order valence-electron chi connectivity index (χ0n) is 12.1. The Kier molecular flexibility index (Phi) is 4.24. The van der Waals surface area contributed by atoms with E-state index in [1.165, 1.54) is 18.4 Å². The molecule has 4 nitrogen and oxygen atoms in total. The molecule has 20 heavy (non-hydrogen) atoms. The summed E-state index contributed by atoms with van der Waals surface area (Å²) in [6, 6.07) is 9.42. The molecule has 0 spiro atoms. The fourth-order valence-electron chi connectivity index (χ4n) is 3.10. The van der Waals surface area contributed by atoms with Crippen LogP contribution in [-0.4, -0.2) is 43.3 Å². The van der Waals surface area contributed by atoms with Gasteiger partial charge in [-0.05, 0) is 37.5 Å². The van der Waals surface area contributed by atoms with Crippen molar-refractivity contribution in [2.75, 3.05) is 26.3 Å². The van der Waals surface area contributed by atoms with Gasteiger partial charge in [0.25, 0.3) is 0 Å². The molecule has 0 radical (unpaired) electrons. The fourth-order valence-corrected chi connectivity index (χ4v) is 3.10. The number of morpholine rings is 1. The van der Waals surface area contributed by atoms with Gasteiger partial charge >= 0.3 is 0 Å². The summed E-state index contributed by atoms with van der Waals surface area (Å²) in [5.74, 6) is 0.926. The first kappa shape index (κ1) is 13.9. The van der Waals surface area contributed by atoms with Crippen molar-refractivity contribution in [3.63, 3.8) is 0 Å². The summed E-state index contributed by atoms with van der Waals surface area (Å²) < 4.78 is 11.4. The van der Waals surface area contributed by atoms with Crippen LogP contribution in [0.3, 0.4) is 0 Å². The summed E-state index contributed by atoms with van der Waals surface area (Å²) in [5.41, 5.74) is 7.20. The zero-order valence-corrected chi connectivity index (χ0v) is 12.1. The van der Waals surface area contributed by atoms with Crippen molar-refractivity contribution in [3.8, 4) is 5.75 Å². The van der Waals surface area contributed by atoms with Crippen molar-refractivity contribution in [1.29, 1.82) is 0 Å². The number of benzene rings is 1. The molecular formula is C16H24N2O2. The standard InChI is InChI=1S/C16H24N2O2/c1-2-19-14-7-3-12(4-8-14)16-15(11-17)20-10-9-18(16)13-5-6-13/h3-4,7-8,13,15-16H,2,5-6,9-11,17H2,1H3. The molecule has 2 fully saturated rings. The van der Waals surface area contributed by atoms with Crippen LogP contribution in [0.1, 0.15) is 31.4 Å². The van der Waals surface area contributed by atoms with Crippen LogP contribution in [0.2, 0.25) is 0 Å². The molecule has 1 aromatic carbocycles. The van der Waals surface area contributed by atoms with Crippen LogP contribution in [-0.2, 0) is 4.74 Å². The molecule has 1 aliphatic carbocycles. The molecule has 2 N–H and O–H groups in total. The van der Waals surface area contributed by atoms with E-state index in [-0.39, 0.29) is 12.1 Å². The van der Waals surface area contributed by atoms with E-state index in [9.17, 15) is 0 Å². The number of rotatable bonds is 5. The maximum Gasteiger partial charge on any atom is 0.119 e. The minimum atomic E-state index is 0.0993. The van der Waals surface area contributed by atoms with E-state index in [0.717, 1.165) is 24.9 Å². The van der Waals surface area contributed by atoms with Gasteiger partial charge in [-0.25, -0.2) is 0 Å². The average molecular weight is 276 g/mol. The van der Waals surface area contributed by atoms with E-state index in [2.05, 4.69) is 17.0 Å². The highest BCUT2D eigenvalue weighted by molar-refractivity contribution is 5.30. The molecule has 1 saturated carbocycles. The number of hydrogen-bond donors (Lipinski definition) is 1. The fraction of sp³-hybridized carbons (Fsp3) is 0.625. The van der Waals surface area contributed by atoms with Gasteiger partial charge in [0.1, 0.15) is 5.75 Å². The second kappa shape index (κ2) is 6.12. The second-order valence-corrected chi connectivity index (χ2v) is 5.56. The molecule has 0 bridgehead atoms.